The van der Waals surface area contributed by atoms with E-state index >= 15 is 0 Å². The molecular formula is C13H11ClFNO4S. The number of halogens is 2. The smallest absolute Gasteiger partial charge is 0.261 e. The van der Waals surface area contributed by atoms with Gasteiger partial charge in [-0.05, 0) is 37.3 Å². The zero-order valence-electron chi connectivity index (χ0n) is 10.9. The van der Waals surface area contributed by atoms with Gasteiger partial charge in [-0.15, -0.1) is 0 Å². The molecule has 2 rings (SSSR count). The molecule has 0 aliphatic rings. The number of amides is 1. The molecule has 5 nitrogen and oxygen atoms in total. The third-order valence-corrected chi connectivity index (χ3v) is 3.97. The van der Waals surface area contributed by atoms with Gasteiger partial charge in [0.1, 0.15) is 17.3 Å². The number of furan rings is 1. The molecule has 0 saturated carbocycles. The average Bonchev–Trinajstić information content (AvgIpc) is 2.80. The first-order valence-electron chi connectivity index (χ1n) is 5.84. The van der Waals surface area contributed by atoms with Gasteiger partial charge in [-0.1, -0.05) is 0 Å². The largest absolute Gasteiger partial charge is 0.465 e. The van der Waals surface area contributed by atoms with Crippen molar-refractivity contribution < 1.29 is 22.0 Å². The first kappa shape index (κ1) is 15.5. The fourth-order valence-electron chi connectivity index (χ4n) is 1.68. The van der Waals surface area contributed by atoms with E-state index in [1.54, 1.807) is 19.1 Å². The Bertz CT molecular complexity index is 785. The summed E-state index contributed by atoms with van der Waals surface area (Å²) in [6.45, 7) is 1.86. The molecular weight excluding hydrogens is 321 g/mol. The third-order valence-electron chi connectivity index (χ3n) is 2.63. The summed E-state index contributed by atoms with van der Waals surface area (Å²) in [4.78, 5) is 11.4. The van der Waals surface area contributed by atoms with Crippen LogP contribution in [0.2, 0.25) is 0 Å². The van der Waals surface area contributed by atoms with Gasteiger partial charge >= 0.3 is 0 Å². The van der Waals surface area contributed by atoms with Gasteiger partial charge in [0.05, 0.1) is 11.4 Å². The van der Waals surface area contributed by atoms with Gasteiger partial charge in [0, 0.05) is 16.2 Å². The van der Waals surface area contributed by atoms with Crippen LogP contribution in [-0.4, -0.2) is 14.3 Å². The second kappa shape index (κ2) is 5.87. The maximum absolute atomic E-state index is 13.4. The minimum absolute atomic E-state index is 0.103. The molecule has 2 aromatic rings. The second-order valence-corrected chi connectivity index (χ2v) is 6.87. The number of carbonyl (C=O) groups excluding carboxylic acids is 1. The Kier molecular flexibility index (Phi) is 4.34. The van der Waals surface area contributed by atoms with Gasteiger partial charge in [0.15, 0.2) is 0 Å². The number of aryl methyl sites for hydroxylation is 1. The summed E-state index contributed by atoms with van der Waals surface area (Å²) in [5, 5.41) is 2.50. The molecule has 21 heavy (non-hydrogen) atoms. The second-order valence-electron chi connectivity index (χ2n) is 4.31. The van der Waals surface area contributed by atoms with Crippen molar-refractivity contribution in [2.75, 3.05) is 0 Å². The highest BCUT2D eigenvalue weighted by Gasteiger charge is 2.16. The monoisotopic (exact) mass is 331 g/mol. The molecule has 0 bridgehead atoms. The molecule has 1 aromatic carbocycles. The third kappa shape index (κ3) is 4.05. The maximum Gasteiger partial charge on any atom is 0.261 e. The highest BCUT2D eigenvalue weighted by atomic mass is 35.7. The van der Waals surface area contributed by atoms with Crippen LogP contribution >= 0.6 is 10.7 Å². The summed E-state index contributed by atoms with van der Waals surface area (Å²) in [6, 6.07) is 6.11. The van der Waals surface area contributed by atoms with Crippen molar-refractivity contribution in [2.45, 2.75) is 18.4 Å². The Labute approximate surface area is 125 Å². The molecule has 0 unspecified atom stereocenters. The lowest BCUT2D eigenvalue weighted by Gasteiger charge is -2.05. The number of hydrogen-bond donors (Lipinski definition) is 1. The summed E-state index contributed by atoms with van der Waals surface area (Å²) < 4.78 is 41.0. The van der Waals surface area contributed by atoms with E-state index in [1.807, 2.05) is 0 Å². The standard InChI is InChI=1S/C13H11ClFNO4S/c1-8-2-3-11(20-8)7-16-13(17)9-4-10(15)6-12(5-9)21(14,18)19/h2-6H,7H2,1H3,(H,16,17). The predicted molar refractivity (Wildman–Crippen MR) is 74.1 cm³/mol. The van der Waals surface area contributed by atoms with E-state index in [1.165, 1.54) is 0 Å². The molecule has 0 aliphatic carbocycles. The van der Waals surface area contributed by atoms with Gasteiger partial charge in [0.2, 0.25) is 0 Å². The van der Waals surface area contributed by atoms with Gasteiger partial charge in [-0.25, -0.2) is 12.8 Å². The number of hydrogen-bond acceptors (Lipinski definition) is 4. The molecule has 0 spiro atoms. The zero-order valence-corrected chi connectivity index (χ0v) is 12.5. The Morgan fingerprint density at radius 3 is 2.62 bits per heavy atom. The van der Waals surface area contributed by atoms with Gasteiger partial charge in [-0.2, -0.15) is 0 Å². The van der Waals surface area contributed by atoms with Crippen LogP contribution in [0.15, 0.2) is 39.6 Å². The summed E-state index contributed by atoms with van der Waals surface area (Å²) in [7, 11) is 1.03. The van der Waals surface area contributed by atoms with E-state index in [2.05, 4.69) is 5.32 Å². The van der Waals surface area contributed by atoms with Crippen LogP contribution in [0.3, 0.4) is 0 Å². The molecule has 0 aliphatic heterocycles. The minimum Gasteiger partial charge on any atom is -0.465 e. The summed E-state index contributed by atoms with van der Waals surface area (Å²) in [6.07, 6.45) is 0. The molecule has 0 fully saturated rings. The van der Waals surface area contributed by atoms with E-state index in [0.29, 0.717) is 11.5 Å². The molecule has 0 saturated heterocycles. The van der Waals surface area contributed by atoms with Crippen molar-refractivity contribution in [3.8, 4) is 0 Å². The first-order valence-corrected chi connectivity index (χ1v) is 8.15. The van der Waals surface area contributed by atoms with Gasteiger partial charge in [0.25, 0.3) is 15.0 Å². The van der Waals surface area contributed by atoms with Crippen LogP contribution in [0, 0.1) is 12.7 Å². The lowest BCUT2D eigenvalue weighted by atomic mass is 10.2. The molecule has 1 amide bonds. The summed E-state index contributed by atoms with van der Waals surface area (Å²) >= 11 is 0. The van der Waals surface area contributed by atoms with Crippen LogP contribution in [-0.2, 0) is 15.6 Å². The van der Waals surface area contributed by atoms with Crippen molar-refractivity contribution in [3.63, 3.8) is 0 Å². The lowest BCUT2D eigenvalue weighted by molar-refractivity contribution is 0.0947. The molecule has 0 atom stereocenters. The van der Waals surface area contributed by atoms with Gasteiger partial charge < -0.3 is 9.73 Å². The highest BCUT2D eigenvalue weighted by Crippen LogP contribution is 2.18. The van der Waals surface area contributed by atoms with Gasteiger partial charge in [-0.3, -0.25) is 4.79 Å². The topological polar surface area (TPSA) is 76.4 Å². The number of carbonyl (C=O) groups is 1. The quantitative estimate of drug-likeness (QED) is 0.874. The van der Waals surface area contributed by atoms with Crippen LogP contribution in [0.1, 0.15) is 21.9 Å². The number of nitrogens with one attached hydrogen (secondary N) is 1. The fourth-order valence-corrected chi connectivity index (χ4v) is 2.47. The molecule has 1 N–H and O–H groups in total. The van der Waals surface area contributed by atoms with Crippen molar-refractivity contribution in [3.05, 3.63) is 53.2 Å². The minimum atomic E-state index is -4.11. The van der Waals surface area contributed by atoms with E-state index in [-0.39, 0.29) is 12.1 Å². The maximum atomic E-state index is 13.4. The predicted octanol–water partition coefficient (Wildman–Crippen LogP) is 2.58. The highest BCUT2D eigenvalue weighted by molar-refractivity contribution is 8.13. The molecule has 1 aromatic heterocycles. The van der Waals surface area contributed by atoms with Crippen molar-refractivity contribution in [1.29, 1.82) is 0 Å². The van der Waals surface area contributed by atoms with E-state index < -0.39 is 25.7 Å². The van der Waals surface area contributed by atoms with Crippen molar-refractivity contribution in [1.82, 2.24) is 5.32 Å². The molecule has 112 valence electrons. The fraction of sp³-hybridized carbons (Fsp3) is 0.154. The van der Waals surface area contributed by atoms with E-state index in [0.717, 1.165) is 18.2 Å². The number of benzene rings is 1. The molecule has 1 heterocycles. The summed E-state index contributed by atoms with van der Waals surface area (Å²) in [5.41, 5.74) is -0.141. The average molecular weight is 332 g/mol. The Morgan fingerprint density at radius 2 is 2.05 bits per heavy atom. The van der Waals surface area contributed by atoms with Crippen LogP contribution in [0.25, 0.3) is 0 Å². The Balaban J connectivity index is 2.17. The van der Waals surface area contributed by atoms with E-state index in [4.69, 9.17) is 15.1 Å². The first-order chi connectivity index (χ1) is 9.75. The van der Waals surface area contributed by atoms with Crippen molar-refractivity contribution >= 4 is 25.6 Å². The molecule has 0 radical (unpaired) electrons. The Morgan fingerprint density at radius 1 is 1.33 bits per heavy atom. The van der Waals surface area contributed by atoms with Crippen LogP contribution in [0.5, 0.6) is 0 Å². The summed E-state index contributed by atoms with van der Waals surface area (Å²) in [5.74, 6) is -0.274. The normalized spacial score (nSPS) is 11.4. The lowest BCUT2D eigenvalue weighted by Crippen LogP contribution is -2.22. The van der Waals surface area contributed by atoms with Crippen molar-refractivity contribution in [2.24, 2.45) is 0 Å². The van der Waals surface area contributed by atoms with Crippen LogP contribution in [0.4, 0.5) is 4.39 Å². The van der Waals surface area contributed by atoms with Crippen LogP contribution < -0.4 is 5.32 Å². The van der Waals surface area contributed by atoms with E-state index in [9.17, 15) is 17.6 Å². The SMILES string of the molecule is Cc1ccc(CNC(=O)c2cc(F)cc(S(=O)(=O)Cl)c2)o1. The molecule has 8 heteroatoms. The zero-order chi connectivity index (χ0) is 15.6. The number of rotatable bonds is 4. The Hall–Kier alpha value is -1.86.